The fraction of sp³-hybridized carbons (Fsp3) is 0.200. The molecule has 0 bridgehead atoms. The molecule has 2 unspecified atom stereocenters. The Morgan fingerprint density at radius 3 is 2.42 bits per heavy atom. The minimum Gasteiger partial charge on any atom is -0.479 e. The van der Waals surface area contributed by atoms with E-state index in [0.717, 1.165) is 22.3 Å². The number of carboxylic acid groups (broad SMARTS) is 1. The third-order valence-corrected chi connectivity index (χ3v) is 6.01. The standard InChI is InChI=1S/C25H22ClNO4/c26-21-11-9-16(10-12-21)18-7-8-19-14-25(24(30)31,15-20(19)13-18)27-23(29)22(28)17-5-3-1-2-4-6-17/h1-5,7-13,22,28H,6,14-15H2,(H,27,29)(H,30,31). The Labute approximate surface area is 185 Å². The predicted molar refractivity (Wildman–Crippen MR) is 120 cm³/mol. The van der Waals surface area contributed by atoms with Crippen molar-refractivity contribution < 1.29 is 19.8 Å². The number of carbonyl (C=O) groups is 2. The maximum atomic E-state index is 12.8. The van der Waals surface area contributed by atoms with Crippen molar-refractivity contribution in [2.45, 2.75) is 30.9 Å². The van der Waals surface area contributed by atoms with Crippen LogP contribution in [0.4, 0.5) is 0 Å². The summed E-state index contributed by atoms with van der Waals surface area (Å²) in [6, 6.07) is 13.2. The number of amides is 1. The number of rotatable bonds is 5. The van der Waals surface area contributed by atoms with Gasteiger partial charge in [-0.15, -0.1) is 0 Å². The van der Waals surface area contributed by atoms with Crippen molar-refractivity contribution in [1.82, 2.24) is 5.32 Å². The maximum Gasteiger partial charge on any atom is 0.330 e. The molecule has 6 heteroatoms. The number of hydrogen-bond acceptors (Lipinski definition) is 3. The second-order valence-electron chi connectivity index (χ2n) is 7.88. The molecule has 31 heavy (non-hydrogen) atoms. The Morgan fingerprint density at radius 2 is 1.68 bits per heavy atom. The van der Waals surface area contributed by atoms with E-state index in [4.69, 9.17) is 11.6 Å². The second-order valence-corrected chi connectivity index (χ2v) is 8.32. The molecule has 2 aliphatic rings. The lowest BCUT2D eigenvalue weighted by Crippen LogP contribution is -2.58. The SMILES string of the molecule is O=C(NC1(C(=O)O)Cc2ccc(-c3ccc(Cl)cc3)cc2C1)C(O)C1=CC=CC=CC1. The highest BCUT2D eigenvalue weighted by atomic mass is 35.5. The zero-order valence-corrected chi connectivity index (χ0v) is 17.5. The topological polar surface area (TPSA) is 86.6 Å². The van der Waals surface area contributed by atoms with Crippen molar-refractivity contribution in [2.24, 2.45) is 0 Å². The summed E-state index contributed by atoms with van der Waals surface area (Å²) in [5, 5.41) is 23.8. The molecule has 0 saturated heterocycles. The molecule has 4 rings (SSSR count). The summed E-state index contributed by atoms with van der Waals surface area (Å²) >= 11 is 5.97. The van der Waals surface area contributed by atoms with Crippen LogP contribution in [0, 0.1) is 0 Å². The molecule has 0 radical (unpaired) electrons. The number of aliphatic carboxylic acids is 1. The molecule has 0 aliphatic heterocycles. The van der Waals surface area contributed by atoms with Gasteiger partial charge in [0.25, 0.3) is 5.91 Å². The normalized spacial score (nSPS) is 20.5. The molecular weight excluding hydrogens is 414 g/mol. The van der Waals surface area contributed by atoms with Crippen LogP contribution in [0.1, 0.15) is 17.5 Å². The lowest BCUT2D eigenvalue weighted by molar-refractivity contribution is -0.148. The summed E-state index contributed by atoms with van der Waals surface area (Å²) in [5.74, 6) is -1.82. The third kappa shape index (κ3) is 4.33. The quantitative estimate of drug-likeness (QED) is 0.665. The summed E-state index contributed by atoms with van der Waals surface area (Å²) in [6.45, 7) is 0. The molecule has 2 atom stereocenters. The number of fused-ring (bicyclic) bond motifs is 1. The van der Waals surface area contributed by atoms with Crippen LogP contribution in [-0.2, 0) is 22.4 Å². The van der Waals surface area contributed by atoms with Crippen molar-refractivity contribution >= 4 is 23.5 Å². The van der Waals surface area contributed by atoms with E-state index < -0.39 is 23.5 Å². The van der Waals surface area contributed by atoms with E-state index >= 15 is 0 Å². The van der Waals surface area contributed by atoms with Crippen LogP contribution in [0.5, 0.6) is 0 Å². The molecule has 0 fully saturated rings. The van der Waals surface area contributed by atoms with E-state index in [0.29, 0.717) is 17.0 Å². The van der Waals surface area contributed by atoms with Gasteiger partial charge in [-0.2, -0.15) is 0 Å². The first-order valence-corrected chi connectivity index (χ1v) is 10.4. The average molecular weight is 436 g/mol. The molecule has 1 amide bonds. The van der Waals surface area contributed by atoms with Gasteiger partial charge in [-0.3, -0.25) is 4.79 Å². The van der Waals surface area contributed by atoms with Gasteiger partial charge in [0.15, 0.2) is 6.10 Å². The van der Waals surface area contributed by atoms with E-state index in [-0.39, 0.29) is 12.8 Å². The van der Waals surface area contributed by atoms with Gasteiger partial charge in [-0.1, -0.05) is 72.3 Å². The molecule has 0 aromatic heterocycles. The molecule has 5 nitrogen and oxygen atoms in total. The fourth-order valence-electron chi connectivity index (χ4n) is 4.06. The maximum absolute atomic E-state index is 12.8. The molecule has 0 saturated carbocycles. The Hall–Kier alpha value is -3.15. The number of hydrogen-bond donors (Lipinski definition) is 3. The van der Waals surface area contributed by atoms with Crippen molar-refractivity contribution in [3.8, 4) is 11.1 Å². The van der Waals surface area contributed by atoms with Crippen molar-refractivity contribution in [2.75, 3.05) is 0 Å². The number of aliphatic hydroxyl groups is 1. The van der Waals surface area contributed by atoms with Crippen LogP contribution in [0.2, 0.25) is 5.02 Å². The molecule has 3 N–H and O–H groups in total. The number of carboxylic acids is 1. The Bertz CT molecular complexity index is 1120. The summed E-state index contributed by atoms with van der Waals surface area (Å²) in [5.41, 5.74) is 2.68. The van der Waals surface area contributed by atoms with Gasteiger partial charge in [0, 0.05) is 17.9 Å². The van der Waals surface area contributed by atoms with Gasteiger partial charge in [0.05, 0.1) is 0 Å². The van der Waals surface area contributed by atoms with Gasteiger partial charge in [-0.25, -0.2) is 4.79 Å². The Balaban J connectivity index is 1.56. The van der Waals surface area contributed by atoms with E-state index in [1.54, 1.807) is 24.3 Å². The molecule has 0 spiro atoms. The Morgan fingerprint density at radius 1 is 0.968 bits per heavy atom. The molecule has 2 aromatic rings. The number of carbonyl (C=O) groups excluding carboxylic acids is 1. The molecular formula is C25H22ClNO4. The van der Waals surface area contributed by atoms with Gasteiger partial charge >= 0.3 is 5.97 Å². The van der Waals surface area contributed by atoms with Crippen molar-refractivity contribution in [3.63, 3.8) is 0 Å². The third-order valence-electron chi connectivity index (χ3n) is 5.76. The smallest absolute Gasteiger partial charge is 0.330 e. The van der Waals surface area contributed by atoms with Gasteiger partial charge in [0.2, 0.25) is 0 Å². The highest BCUT2D eigenvalue weighted by molar-refractivity contribution is 6.30. The number of aliphatic hydroxyl groups excluding tert-OH is 1. The van der Waals surface area contributed by atoms with Crippen LogP contribution in [0.15, 0.2) is 78.4 Å². The van der Waals surface area contributed by atoms with E-state index in [1.807, 2.05) is 48.6 Å². The fourth-order valence-corrected chi connectivity index (χ4v) is 4.19. The zero-order valence-electron chi connectivity index (χ0n) is 16.7. The van der Waals surface area contributed by atoms with Crippen LogP contribution in [-0.4, -0.2) is 33.7 Å². The van der Waals surface area contributed by atoms with Gasteiger partial charge in [-0.05, 0) is 46.4 Å². The first-order chi connectivity index (χ1) is 14.9. The van der Waals surface area contributed by atoms with Crippen LogP contribution in [0.3, 0.4) is 0 Å². The highest BCUT2D eigenvalue weighted by Gasteiger charge is 2.46. The number of allylic oxidation sites excluding steroid dienone is 5. The molecule has 2 aromatic carbocycles. The minimum atomic E-state index is -1.49. The second kappa shape index (κ2) is 8.53. The lowest BCUT2D eigenvalue weighted by Gasteiger charge is -2.27. The van der Waals surface area contributed by atoms with Crippen LogP contribution >= 0.6 is 11.6 Å². The van der Waals surface area contributed by atoms with E-state index in [9.17, 15) is 19.8 Å². The molecule has 0 heterocycles. The molecule has 158 valence electrons. The largest absolute Gasteiger partial charge is 0.479 e. The molecule has 2 aliphatic carbocycles. The first-order valence-electron chi connectivity index (χ1n) is 10.0. The minimum absolute atomic E-state index is 0.149. The summed E-state index contributed by atoms with van der Waals surface area (Å²) in [7, 11) is 0. The first kappa shape index (κ1) is 21.1. The number of benzene rings is 2. The average Bonchev–Trinajstić information content (AvgIpc) is 2.92. The van der Waals surface area contributed by atoms with Crippen molar-refractivity contribution in [3.05, 3.63) is 94.6 Å². The summed E-state index contributed by atoms with van der Waals surface area (Å²) < 4.78 is 0. The van der Waals surface area contributed by atoms with Crippen LogP contribution in [0.25, 0.3) is 11.1 Å². The van der Waals surface area contributed by atoms with Crippen LogP contribution < -0.4 is 5.32 Å². The number of halogens is 1. The van der Waals surface area contributed by atoms with E-state index in [1.165, 1.54) is 0 Å². The summed E-state index contributed by atoms with van der Waals surface area (Å²) in [4.78, 5) is 25.0. The van der Waals surface area contributed by atoms with Gasteiger partial charge < -0.3 is 15.5 Å². The Kier molecular flexibility index (Phi) is 5.81. The monoisotopic (exact) mass is 435 g/mol. The van der Waals surface area contributed by atoms with Crippen molar-refractivity contribution in [1.29, 1.82) is 0 Å². The predicted octanol–water partition coefficient (Wildman–Crippen LogP) is 3.85. The number of nitrogens with one attached hydrogen (secondary N) is 1. The lowest BCUT2D eigenvalue weighted by atomic mass is 9.94. The van der Waals surface area contributed by atoms with E-state index in [2.05, 4.69) is 5.32 Å². The highest BCUT2D eigenvalue weighted by Crippen LogP contribution is 2.34. The zero-order chi connectivity index (χ0) is 22.0. The summed E-state index contributed by atoms with van der Waals surface area (Å²) in [6.07, 6.45) is 8.23. The van der Waals surface area contributed by atoms with Gasteiger partial charge in [0.1, 0.15) is 5.54 Å².